The van der Waals surface area contributed by atoms with Crippen molar-refractivity contribution < 1.29 is 0 Å². The molecule has 0 radical (unpaired) electrons. The Kier molecular flexibility index (Phi) is 3.06. The zero-order chi connectivity index (χ0) is 16.1. The van der Waals surface area contributed by atoms with Gasteiger partial charge in [0.1, 0.15) is 0 Å². The number of hydrogen-bond donors (Lipinski definition) is 0. The van der Waals surface area contributed by atoms with Crippen molar-refractivity contribution in [1.82, 2.24) is 14.6 Å². The lowest BCUT2D eigenvalue weighted by molar-refractivity contribution is 1.11. The molecule has 2 aromatic heterocycles. The van der Waals surface area contributed by atoms with Crippen LogP contribution in [-0.4, -0.2) is 14.6 Å². The second-order valence-electron chi connectivity index (χ2n) is 5.73. The van der Waals surface area contributed by atoms with Gasteiger partial charge in [-0.25, -0.2) is 0 Å². The van der Waals surface area contributed by atoms with Crippen molar-refractivity contribution in [2.45, 2.75) is 0 Å². The van der Waals surface area contributed by atoms with Crippen LogP contribution >= 0.6 is 22.6 Å². The number of halogens is 1. The largest absolute Gasteiger partial charge is 0.274 e. The molecule has 0 spiro atoms. The van der Waals surface area contributed by atoms with Crippen molar-refractivity contribution in [3.05, 3.63) is 76.4 Å². The zero-order valence-corrected chi connectivity index (χ0v) is 14.8. The molecule has 0 fully saturated rings. The van der Waals surface area contributed by atoms with Crippen molar-refractivity contribution in [1.29, 1.82) is 0 Å². The van der Waals surface area contributed by atoms with Crippen molar-refractivity contribution in [3.63, 3.8) is 0 Å². The SMILES string of the molecule is Ic1ccccc1-c1nnc2c3ccccc3c3ccccc3n12. The number of fused-ring (bicyclic) bond motifs is 6. The molecule has 0 saturated carbocycles. The lowest BCUT2D eigenvalue weighted by Crippen LogP contribution is -1.95. The first kappa shape index (κ1) is 13.9. The molecule has 2 heterocycles. The smallest absolute Gasteiger partial charge is 0.169 e. The number of benzene rings is 3. The first-order valence-corrected chi connectivity index (χ1v) is 8.82. The maximum absolute atomic E-state index is 4.53. The van der Waals surface area contributed by atoms with E-state index in [1.54, 1.807) is 0 Å². The van der Waals surface area contributed by atoms with E-state index in [2.05, 4.69) is 97.9 Å². The number of aromatic nitrogens is 3. The monoisotopic (exact) mass is 421 g/mol. The first-order valence-electron chi connectivity index (χ1n) is 7.74. The van der Waals surface area contributed by atoms with Crippen LogP contribution in [0.4, 0.5) is 0 Å². The normalized spacial score (nSPS) is 11.5. The number of hydrogen-bond acceptors (Lipinski definition) is 2. The van der Waals surface area contributed by atoms with Gasteiger partial charge in [-0.2, -0.15) is 0 Å². The summed E-state index contributed by atoms with van der Waals surface area (Å²) in [7, 11) is 0. The van der Waals surface area contributed by atoms with Crippen LogP contribution in [0.15, 0.2) is 72.8 Å². The van der Waals surface area contributed by atoms with E-state index in [0.717, 1.165) is 27.9 Å². The molecule has 0 aliphatic heterocycles. The fourth-order valence-electron chi connectivity index (χ4n) is 3.31. The fraction of sp³-hybridized carbons (Fsp3) is 0. The highest BCUT2D eigenvalue weighted by molar-refractivity contribution is 14.1. The Morgan fingerprint density at radius 3 is 2.17 bits per heavy atom. The molecule has 0 aliphatic rings. The summed E-state index contributed by atoms with van der Waals surface area (Å²) < 4.78 is 3.34. The molecule has 4 heteroatoms. The van der Waals surface area contributed by atoms with Gasteiger partial charge in [-0.05, 0) is 40.1 Å². The van der Waals surface area contributed by atoms with Crippen LogP contribution in [0.3, 0.4) is 0 Å². The Morgan fingerprint density at radius 2 is 1.33 bits per heavy atom. The molecule has 0 N–H and O–H groups in total. The van der Waals surface area contributed by atoms with Crippen molar-refractivity contribution in [2.75, 3.05) is 0 Å². The number of nitrogens with zero attached hydrogens (tertiary/aromatic N) is 3. The van der Waals surface area contributed by atoms with Crippen LogP contribution in [0, 0.1) is 3.57 Å². The number of para-hydroxylation sites is 1. The molecule has 0 atom stereocenters. The highest BCUT2D eigenvalue weighted by Crippen LogP contribution is 2.32. The summed E-state index contributed by atoms with van der Waals surface area (Å²) in [6.45, 7) is 0. The molecule has 5 rings (SSSR count). The van der Waals surface area contributed by atoms with Crippen molar-refractivity contribution in [2.24, 2.45) is 0 Å². The van der Waals surface area contributed by atoms with Crippen LogP contribution in [0.1, 0.15) is 0 Å². The summed E-state index contributed by atoms with van der Waals surface area (Å²) in [6, 6.07) is 25.1. The molecule has 24 heavy (non-hydrogen) atoms. The molecular weight excluding hydrogens is 409 g/mol. The van der Waals surface area contributed by atoms with E-state index in [4.69, 9.17) is 0 Å². The van der Waals surface area contributed by atoms with E-state index in [0.29, 0.717) is 0 Å². The molecule has 0 aliphatic carbocycles. The lowest BCUT2D eigenvalue weighted by atomic mass is 10.1. The molecule has 5 aromatic rings. The van der Waals surface area contributed by atoms with Gasteiger partial charge in [0, 0.05) is 19.9 Å². The molecule has 3 aromatic carbocycles. The Hall–Kier alpha value is -2.47. The van der Waals surface area contributed by atoms with Gasteiger partial charge in [-0.1, -0.05) is 60.7 Å². The third-order valence-corrected chi connectivity index (χ3v) is 5.32. The average Bonchev–Trinajstić information content (AvgIpc) is 3.08. The Balaban J connectivity index is 2.05. The van der Waals surface area contributed by atoms with Gasteiger partial charge in [0.05, 0.1) is 5.52 Å². The minimum Gasteiger partial charge on any atom is -0.274 e. The fourth-order valence-corrected chi connectivity index (χ4v) is 3.94. The summed E-state index contributed by atoms with van der Waals surface area (Å²) in [4.78, 5) is 0. The standard InChI is InChI=1S/C20H12IN3/c21-17-11-5-3-10-16(17)20-23-22-19-15-9-2-1-7-13(15)14-8-4-6-12-18(14)24(19)20/h1-12H. The van der Waals surface area contributed by atoms with Crippen molar-refractivity contribution in [3.8, 4) is 11.4 Å². The lowest BCUT2D eigenvalue weighted by Gasteiger charge is -2.10. The van der Waals surface area contributed by atoms with Gasteiger partial charge in [0.25, 0.3) is 0 Å². The summed E-state index contributed by atoms with van der Waals surface area (Å²) >= 11 is 2.35. The minimum absolute atomic E-state index is 0.886. The van der Waals surface area contributed by atoms with Crippen LogP contribution in [0.5, 0.6) is 0 Å². The van der Waals surface area contributed by atoms with Gasteiger partial charge in [0.15, 0.2) is 11.5 Å². The third kappa shape index (κ3) is 1.89. The minimum atomic E-state index is 0.886. The summed E-state index contributed by atoms with van der Waals surface area (Å²) in [5.74, 6) is 0.886. The quantitative estimate of drug-likeness (QED) is 0.271. The van der Waals surface area contributed by atoms with Crippen LogP contribution < -0.4 is 0 Å². The zero-order valence-electron chi connectivity index (χ0n) is 12.6. The number of pyridine rings is 1. The van der Waals surface area contributed by atoms with E-state index >= 15 is 0 Å². The van der Waals surface area contributed by atoms with Gasteiger partial charge >= 0.3 is 0 Å². The molecule has 0 amide bonds. The topological polar surface area (TPSA) is 30.2 Å². The third-order valence-electron chi connectivity index (χ3n) is 4.38. The van der Waals surface area contributed by atoms with Gasteiger partial charge in [-0.3, -0.25) is 4.40 Å². The molecule has 0 bridgehead atoms. The molecule has 0 saturated heterocycles. The highest BCUT2D eigenvalue weighted by Gasteiger charge is 2.16. The average molecular weight is 421 g/mol. The molecular formula is C20H12IN3. The Labute approximate surface area is 152 Å². The van der Waals surface area contributed by atoms with E-state index in [9.17, 15) is 0 Å². The molecule has 3 nitrogen and oxygen atoms in total. The highest BCUT2D eigenvalue weighted by atomic mass is 127. The second kappa shape index (κ2) is 5.27. The van der Waals surface area contributed by atoms with Crippen molar-refractivity contribution >= 4 is 49.9 Å². The first-order chi connectivity index (χ1) is 11.8. The summed E-state index contributed by atoms with van der Waals surface area (Å²) in [6.07, 6.45) is 0. The summed E-state index contributed by atoms with van der Waals surface area (Å²) in [5, 5.41) is 12.6. The van der Waals surface area contributed by atoms with E-state index in [-0.39, 0.29) is 0 Å². The van der Waals surface area contributed by atoms with Crippen LogP contribution in [-0.2, 0) is 0 Å². The Bertz CT molecular complexity index is 1220. The number of rotatable bonds is 1. The van der Waals surface area contributed by atoms with E-state index < -0.39 is 0 Å². The van der Waals surface area contributed by atoms with Gasteiger partial charge in [-0.15, -0.1) is 10.2 Å². The van der Waals surface area contributed by atoms with Gasteiger partial charge in [0.2, 0.25) is 0 Å². The maximum Gasteiger partial charge on any atom is 0.169 e. The second-order valence-corrected chi connectivity index (χ2v) is 6.89. The van der Waals surface area contributed by atoms with E-state index in [1.807, 2.05) is 12.1 Å². The molecule has 114 valence electrons. The predicted molar refractivity (Wildman–Crippen MR) is 106 cm³/mol. The maximum atomic E-state index is 4.53. The molecule has 0 unspecified atom stereocenters. The van der Waals surface area contributed by atoms with E-state index in [1.165, 1.54) is 14.3 Å². The van der Waals surface area contributed by atoms with Gasteiger partial charge < -0.3 is 0 Å². The van der Waals surface area contributed by atoms with Crippen LogP contribution in [0.2, 0.25) is 0 Å². The summed E-state index contributed by atoms with van der Waals surface area (Å²) in [5.41, 5.74) is 3.14. The van der Waals surface area contributed by atoms with Crippen LogP contribution in [0.25, 0.3) is 38.7 Å². The Morgan fingerprint density at radius 1 is 0.667 bits per heavy atom. The predicted octanol–water partition coefficient (Wildman–Crippen LogP) is 5.31.